The Kier molecular flexibility index (Phi) is 8.33. The molecule has 2 heterocycles. The number of nitriles is 2. The molecule has 1 saturated carbocycles. The van der Waals surface area contributed by atoms with Crippen molar-refractivity contribution in [3.63, 3.8) is 0 Å². The third-order valence-corrected chi connectivity index (χ3v) is 8.05. The molecule has 38 heavy (non-hydrogen) atoms. The van der Waals surface area contributed by atoms with Crippen LogP contribution in [0, 0.1) is 28.6 Å². The Morgan fingerprint density at radius 1 is 1.08 bits per heavy atom. The number of amides is 2. The molecule has 2 aromatic carbocycles. The second kappa shape index (κ2) is 11.5. The summed E-state index contributed by atoms with van der Waals surface area (Å²) < 4.78 is 5.64. The minimum absolute atomic E-state index is 0.00692. The molecule has 0 unspecified atom stereocenters. The highest BCUT2D eigenvalue weighted by Gasteiger charge is 2.49. The number of fused-ring (bicyclic) bond motifs is 3. The molecule has 8 heteroatoms. The van der Waals surface area contributed by atoms with Crippen LogP contribution in [-0.4, -0.2) is 46.9 Å². The Labute approximate surface area is 229 Å². The molecule has 2 aliphatic heterocycles. The van der Waals surface area contributed by atoms with Crippen LogP contribution < -0.4 is 5.32 Å². The van der Waals surface area contributed by atoms with Crippen LogP contribution in [0.2, 0.25) is 0 Å². The smallest absolute Gasteiger partial charge is 0.411 e. The molecule has 198 valence electrons. The van der Waals surface area contributed by atoms with Gasteiger partial charge in [0.1, 0.15) is 23.8 Å². The molecule has 3 fully saturated rings. The predicted octanol–water partition coefficient (Wildman–Crippen LogP) is 5.68. The number of ether oxygens (including phenoxy) is 1. The molecule has 2 saturated heterocycles. The first-order valence-corrected chi connectivity index (χ1v) is 14.2. The van der Waals surface area contributed by atoms with E-state index >= 15 is 0 Å². The van der Waals surface area contributed by atoms with Crippen molar-refractivity contribution in [1.29, 1.82) is 10.5 Å². The molecule has 2 atom stereocenters. The normalized spacial score (nSPS) is 21.2. The summed E-state index contributed by atoms with van der Waals surface area (Å²) in [5.41, 5.74) is 2.96. The molecule has 0 spiro atoms. The zero-order valence-electron chi connectivity index (χ0n) is 22.4. The van der Waals surface area contributed by atoms with Crippen LogP contribution >= 0.6 is 11.8 Å². The van der Waals surface area contributed by atoms with Gasteiger partial charge in [-0.15, -0.1) is 11.8 Å². The van der Waals surface area contributed by atoms with E-state index in [1.807, 2.05) is 69.5 Å². The van der Waals surface area contributed by atoms with E-state index < -0.39 is 23.8 Å². The second-order valence-electron chi connectivity index (χ2n) is 11.0. The first-order chi connectivity index (χ1) is 18.1. The van der Waals surface area contributed by atoms with Gasteiger partial charge < -0.3 is 10.1 Å². The van der Waals surface area contributed by atoms with E-state index in [0.29, 0.717) is 12.0 Å². The quantitative estimate of drug-likeness (QED) is 0.482. The van der Waals surface area contributed by atoms with E-state index in [1.54, 1.807) is 4.90 Å². The number of benzene rings is 2. The third-order valence-electron chi connectivity index (χ3n) is 7.28. The Balaban J connectivity index is 1.45. The average molecular weight is 531 g/mol. The summed E-state index contributed by atoms with van der Waals surface area (Å²) in [6.07, 6.45) is 5.40. The van der Waals surface area contributed by atoms with E-state index in [-0.39, 0.29) is 17.9 Å². The Hall–Kier alpha value is -3.49. The summed E-state index contributed by atoms with van der Waals surface area (Å²) in [6, 6.07) is 16.8. The number of thioether (sulfide) groups is 1. The number of rotatable bonds is 6. The van der Waals surface area contributed by atoms with Gasteiger partial charge in [-0.25, -0.2) is 4.79 Å². The van der Waals surface area contributed by atoms with Gasteiger partial charge in [0.2, 0.25) is 5.91 Å². The van der Waals surface area contributed by atoms with Crippen molar-refractivity contribution in [2.75, 3.05) is 6.26 Å². The van der Waals surface area contributed by atoms with Crippen LogP contribution in [0.1, 0.15) is 57.6 Å². The van der Waals surface area contributed by atoms with Crippen LogP contribution in [0.4, 0.5) is 4.79 Å². The van der Waals surface area contributed by atoms with Gasteiger partial charge in [-0.3, -0.25) is 9.69 Å². The summed E-state index contributed by atoms with van der Waals surface area (Å²) in [5.74, 6) is -0.208. The number of carbonyl (C=O) groups is 2. The molecular weight excluding hydrogens is 496 g/mol. The van der Waals surface area contributed by atoms with Crippen molar-refractivity contribution >= 4 is 23.8 Å². The van der Waals surface area contributed by atoms with Gasteiger partial charge in [-0.05, 0) is 87.5 Å². The lowest BCUT2D eigenvalue weighted by molar-refractivity contribution is -0.135. The third kappa shape index (κ3) is 6.14. The van der Waals surface area contributed by atoms with Gasteiger partial charge in [0.05, 0.1) is 11.6 Å². The zero-order valence-corrected chi connectivity index (χ0v) is 23.2. The van der Waals surface area contributed by atoms with Crippen molar-refractivity contribution in [3.8, 4) is 23.3 Å². The van der Waals surface area contributed by atoms with Crippen molar-refractivity contribution in [2.24, 2.45) is 5.92 Å². The number of carbonyl (C=O) groups excluding carboxylic acids is 2. The molecule has 5 rings (SSSR count). The van der Waals surface area contributed by atoms with Crippen LogP contribution in [0.3, 0.4) is 0 Å². The van der Waals surface area contributed by atoms with E-state index in [2.05, 4.69) is 17.5 Å². The van der Waals surface area contributed by atoms with E-state index in [0.717, 1.165) is 47.3 Å². The maximum atomic E-state index is 13.4. The second-order valence-corrected chi connectivity index (χ2v) is 11.9. The molecule has 1 aliphatic carbocycles. The Morgan fingerprint density at radius 2 is 1.74 bits per heavy atom. The number of nitrogens with zero attached hydrogens (tertiary/aromatic N) is 3. The fourth-order valence-corrected chi connectivity index (χ4v) is 6.06. The molecule has 0 aromatic heterocycles. The summed E-state index contributed by atoms with van der Waals surface area (Å²) in [6.45, 7) is 5.46. The number of piperidine rings is 2. The highest BCUT2D eigenvalue weighted by atomic mass is 32.2. The zero-order chi connectivity index (χ0) is 27.4. The molecule has 2 amide bonds. The maximum absolute atomic E-state index is 13.4. The molecule has 0 radical (unpaired) electrons. The first kappa shape index (κ1) is 27.5. The summed E-state index contributed by atoms with van der Waals surface area (Å²) in [5, 5.41) is 22.0. The molecule has 1 N–H and O–H groups in total. The summed E-state index contributed by atoms with van der Waals surface area (Å²) >= 11 is 1.54. The van der Waals surface area contributed by atoms with Crippen molar-refractivity contribution < 1.29 is 14.3 Å². The van der Waals surface area contributed by atoms with Gasteiger partial charge in [0, 0.05) is 17.4 Å². The predicted molar refractivity (Wildman–Crippen MR) is 147 cm³/mol. The van der Waals surface area contributed by atoms with Crippen molar-refractivity contribution in [3.05, 3.63) is 53.6 Å². The van der Waals surface area contributed by atoms with Gasteiger partial charge in [0.15, 0.2) is 0 Å². The number of hydrogen-bond donors (Lipinski definition) is 1. The molecular formula is C30H34N4O3S. The van der Waals surface area contributed by atoms with Crippen LogP contribution in [0.25, 0.3) is 11.1 Å². The van der Waals surface area contributed by atoms with Crippen LogP contribution in [0.15, 0.2) is 47.4 Å². The Bertz CT molecular complexity index is 1260. The van der Waals surface area contributed by atoms with Crippen LogP contribution in [0.5, 0.6) is 0 Å². The first-order valence-electron chi connectivity index (χ1n) is 13.0. The van der Waals surface area contributed by atoms with Crippen molar-refractivity contribution in [1.82, 2.24) is 10.2 Å². The van der Waals surface area contributed by atoms with E-state index in [4.69, 9.17) is 4.74 Å². The molecule has 3 aliphatic rings. The standard InChI is InChI=1S/C30H34N4O3S/c1-30(2,3)37-29(36)34-25-13-11-21(12-14-25)27(34)28(35)33-24(18-32)15-19-5-7-20(8-6-19)22-9-10-23(17-31)26(16-22)38-4/h5-10,16,21,24-25,27H,11-15H2,1-4H3,(H,33,35)/t21?,24-,25?,27-/m0/s1. The van der Waals surface area contributed by atoms with Gasteiger partial charge in [-0.1, -0.05) is 30.3 Å². The van der Waals surface area contributed by atoms with Gasteiger partial charge >= 0.3 is 6.09 Å². The topological polar surface area (TPSA) is 106 Å². The summed E-state index contributed by atoms with van der Waals surface area (Å²) in [4.78, 5) is 29.0. The minimum Gasteiger partial charge on any atom is -0.444 e. The lowest BCUT2D eigenvalue weighted by atomic mass is 9.74. The number of nitrogens with one attached hydrogen (secondary N) is 1. The lowest BCUT2D eigenvalue weighted by Crippen LogP contribution is -2.64. The van der Waals surface area contributed by atoms with Gasteiger partial charge in [0.25, 0.3) is 0 Å². The highest BCUT2D eigenvalue weighted by Crippen LogP contribution is 2.40. The number of hydrogen-bond acceptors (Lipinski definition) is 6. The average Bonchev–Trinajstić information content (AvgIpc) is 2.91. The molecule has 7 nitrogen and oxygen atoms in total. The lowest BCUT2D eigenvalue weighted by Gasteiger charge is -2.50. The maximum Gasteiger partial charge on any atom is 0.411 e. The molecule has 2 aromatic rings. The molecule has 2 bridgehead atoms. The van der Waals surface area contributed by atoms with Gasteiger partial charge in [-0.2, -0.15) is 10.5 Å². The van der Waals surface area contributed by atoms with E-state index in [1.165, 1.54) is 11.8 Å². The largest absolute Gasteiger partial charge is 0.444 e. The minimum atomic E-state index is -0.715. The monoisotopic (exact) mass is 530 g/mol. The van der Waals surface area contributed by atoms with Crippen molar-refractivity contribution in [2.45, 2.75) is 81.5 Å². The van der Waals surface area contributed by atoms with E-state index in [9.17, 15) is 20.1 Å². The van der Waals surface area contributed by atoms with Crippen LogP contribution in [-0.2, 0) is 16.0 Å². The summed E-state index contributed by atoms with van der Waals surface area (Å²) in [7, 11) is 0. The Morgan fingerprint density at radius 3 is 2.32 bits per heavy atom. The highest BCUT2D eigenvalue weighted by molar-refractivity contribution is 7.98. The fourth-order valence-electron chi connectivity index (χ4n) is 5.49. The SMILES string of the molecule is CSc1cc(-c2ccc(C[C@@H](C#N)NC(=O)[C@@H]3C4CCC(CC4)N3C(=O)OC(C)(C)C)cc2)ccc1C#N. The fraction of sp³-hybridized carbons (Fsp3) is 0.467.